The smallest absolute Gasteiger partial charge is 0.325 e. The third-order valence-electron chi connectivity index (χ3n) is 5.77. The van der Waals surface area contributed by atoms with Gasteiger partial charge in [-0.15, -0.1) is 0 Å². The zero-order valence-electron chi connectivity index (χ0n) is 17.0. The number of carbonyl (C=O) groups is 4. The highest BCUT2D eigenvalue weighted by Gasteiger charge is 2.49. The lowest BCUT2D eigenvalue weighted by Crippen LogP contribution is -2.41. The molecule has 2 aliphatic rings. The van der Waals surface area contributed by atoms with Crippen molar-refractivity contribution >= 4 is 23.6 Å². The molecular weight excluding hydrogens is 398 g/mol. The van der Waals surface area contributed by atoms with Crippen LogP contribution in [0.3, 0.4) is 0 Å². The summed E-state index contributed by atoms with van der Waals surface area (Å²) < 4.78 is 0. The summed E-state index contributed by atoms with van der Waals surface area (Å²) in [5, 5.41) is 11.7. The average Bonchev–Trinajstić information content (AvgIpc) is 3.52. The number of hydrogen-bond donors (Lipinski definition) is 2. The first-order valence-electron chi connectivity index (χ1n) is 9.99. The van der Waals surface area contributed by atoms with E-state index in [1.165, 1.54) is 25.3 Å². The van der Waals surface area contributed by atoms with Crippen molar-refractivity contribution in [1.29, 1.82) is 5.26 Å². The van der Waals surface area contributed by atoms with Crippen LogP contribution in [0.2, 0.25) is 0 Å². The van der Waals surface area contributed by atoms with Crippen LogP contribution in [0, 0.1) is 11.3 Å². The summed E-state index contributed by atoms with van der Waals surface area (Å²) in [4.78, 5) is 56.1. The van der Waals surface area contributed by atoms with Gasteiger partial charge in [0.15, 0.2) is 5.78 Å². The number of amides is 4. The fraction of sp³-hybridized carbons (Fsp3) is 0.318. The SMILES string of the molecule is CC1(c2cccc(C#N)c2)NC(=O)N(CC(=O)c2c[nH]c(C(=O)N3CCCC3)c2)C1=O. The first kappa shape index (κ1) is 20.3. The van der Waals surface area contributed by atoms with Gasteiger partial charge >= 0.3 is 6.03 Å². The number of Topliss-reactive ketones (excluding diaryl/α,β-unsaturated/α-hetero) is 1. The van der Waals surface area contributed by atoms with E-state index < -0.39 is 29.8 Å². The van der Waals surface area contributed by atoms with Crippen LogP contribution >= 0.6 is 0 Å². The molecule has 2 fully saturated rings. The molecule has 2 aromatic rings. The maximum absolute atomic E-state index is 13.0. The Balaban J connectivity index is 1.50. The molecule has 1 aromatic carbocycles. The standard InChI is InChI=1S/C22H21N5O4/c1-22(16-6-4-5-14(9-16)11-23)20(30)27(21(31)25-22)13-18(28)15-10-17(24-12-15)19(29)26-7-2-3-8-26/h4-6,9-10,12,24H,2-3,7-8,13H2,1H3,(H,25,31). The molecule has 9 heteroatoms. The third kappa shape index (κ3) is 3.57. The Hall–Kier alpha value is -3.93. The Kier molecular flexibility index (Phi) is 5.07. The van der Waals surface area contributed by atoms with E-state index in [-0.39, 0.29) is 11.5 Å². The van der Waals surface area contributed by atoms with Crippen molar-refractivity contribution in [2.45, 2.75) is 25.3 Å². The summed E-state index contributed by atoms with van der Waals surface area (Å²) in [5.41, 5.74) is -0.0270. The van der Waals surface area contributed by atoms with Gasteiger partial charge in [0.05, 0.1) is 18.2 Å². The largest absolute Gasteiger partial charge is 0.356 e. The van der Waals surface area contributed by atoms with Gasteiger partial charge in [-0.3, -0.25) is 19.3 Å². The second-order valence-corrected chi connectivity index (χ2v) is 7.86. The molecule has 9 nitrogen and oxygen atoms in total. The molecule has 4 rings (SSSR count). The second kappa shape index (κ2) is 7.72. The monoisotopic (exact) mass is 419 g/mol. The Bertz CT molecular complexity index is 1120. The maximum atomic E-state index is 13.0. The number of urea groups is 1. The summed E-state index contributed by atoms with van der Waals surface area (Å²) >= 11 is 0. The van der Waals surface area contributed by atoms with E-state index in [0.717, 1.165) is 17.7 Å². The molecule has 2 aliphatic heterocycles. The summed E-state index contributed by atoms with van der Waals surface area (Å²) in [7, 11) is 0. The molecule has 0 aliphatic carbocycles. The normalized spacial score (nSPS) is 20.6. The number of benzene rings is 1. The Labute approximate surface area is 178 Å². The fourth-order valence-electron chi connectivity index (χ4n) is 3.94. The Morgan fingerprint density at radius 3 is 2.65 bits per heavy atom. The van der Waals surface area contributed by atoms with Crippen LogP contribution in [0.15, 0.2) is 36.5 Å². The quantitative estimate of drug-likeness (QED) is 0.564. The summed E-state index contributed by atoms with van der Waals surface area (Å²) in [5.74, 6) is -1.21. The highest BCUT2D eigenvalue weighted by molar-refractivity contribution is 6.11. The van der Waals surface area contributed by atoms with Crippen molar-refractivity contribution in [2.75, 3.05) is 19.6 Å². The van der Waals surface area contributed by atoms with Crippen LogP contribution < -0.4 is 5.32 Å². The molecule has 158 valence electrons. The van der Waals surface area contributed by atoms with Gasteiger partial charge in [0.1, 0.15) is 11.2 Å². The van der Waals surface area contributed by atoms with Gasteiger partial charge < -0.3 is 15.2 Å². The van der Waals surface area contributed by atoms with E-state index >= 15 is 0 Å². The van der Waals surface area contributed by atoms with Crippen molar-refractivity contribution in [3.05, 3.63) is 58.9 Å². The van der Waals surface area contributed by atoms with Gasteiger partial charge in [-0.1, -0.05) is 12.1 Å². The number of likely N-dealkylation sites (tertiary alicyclic amines) is 1. The minimum atomic E-state index is -1.38. The summed E-state index contributed by atoms with van der Waals surface area (Å²) in [6.45, 7) is 2.47. The van der Waals surface area contributed by atoms with Crippen LogP contribution in [0.25, 0.3) is 0 Å². The lowest BCUT2D eigenvalue weighted by atomic mass is 9.91. The topological polar surface area (TPSA) is 126 Å². The molecule has 0 saturated carbocycles. The van der Waals surface area contributed by atoms with E-state index in [2.05, 4.69) is 10.3 Å². The number of imide groups is 1. The molecule has 2 N–H and O–H groups in total. The average molecular weight is 419 g/mol. The number of nitriles is 1. The van der Waals surface area contributed by atoms with Crippen molar-refractivity contribution in [1.82, 2.24) is 20.1 Å². The van der Waals surface area contributed by atoms with Crippen LogP contribution in [0.4, 0.5) is 4.79 Å². The van der Waals surface area contributed by atoms with Crippen molar-refractivity contribution < 1.29 is 19.2 Å². The van der Waals surface area contributed by atoms with Gasteiger partial charge in [-0.25, -0.2) is 4.79 Å². The highest BCUT2D eigenvalue weighted by atomic mass is 16.2. The lowest BCUT2D eigenvalue weighted by Gasteiger charge is -2.22. The molecular formula is C22H21N5O4. The van der Waals surface area contributed by atoms with E-state index in [9.17, 15) is 19.2 Å². The molecule has 4 amide bonds. The van der Waals surface area contributed by atoms with Gasteiger partial charge in [-0.05, 0) is 43.5 Å². The molecule has 31 heavy (non-hydrogen) atoms. The van der Waals surface area contributed by atoms with Crippen molar-refractivity contribution in [3.63, 3.8) is 0 Å². The molecule has 1 aromatic heterocycles. The molecule has 1 atom stereocenters. The maximum Gasteiger partial charge on any atom is 0.325 e. The van der Waals surface area contributed by atoms with E-state index in [4.69, 9.17) is 5.26 Å². The number of nitrogens with zero attached hydrogens (tertiary/aromatic N) is 3. The molecule has 0 spiro atoms. The highest BCUT2D eigenvalue weighted by Crippen LogP contribution is 2.29. The van der Waals surface area contributed by atoms with Crippen LogP contribution in [0.1, 0.15) is 51.7 Å². The second-order valence-electron chi connectivity index (χ2n) is 7.86. The van der Waals surface area contributed by atoms with E-state index in [1.807, 2.05) is 6.07 Å². The van der Waals surface area contributed by atoms with E-state index in [0.29, 0.717) is 29.9 Å². The first-order valence-corrected chi connectivity index (χ1v) is 9.99. The molecule has 3 heterocycles. The van der Waals surface area contributed by atoms with Gasteiger partial charge in [0.2, 0.25) is 0 Å². The summed E-state index contributed by atoms with van der Waals surface area (Å²) in [6.07, 6.45) is 3.33. The zero-order valence-corrected chi connectivity index (χ0v) is 17.0. The first-order chi connectivity index (χ1) is 14.8. The van der Waals surface area contributed by atoms with E-state index in [1.54, 1.807) is 23.1 Å². The number of H-pyrrole nitrogens is 1. The number of carbonyl (C=O) groups excluding carboxylic acids is 4. The number of ketones is 1. The number of hydrogen-bond acceptors (Lipinski definition) is 5. The van der Waals surface area contributed by atoms with Crippen LogP contribution in [0.5, 0.6) is 0 Å². The number of rotatable bonds is 5. The number of aromatic amines is 1. The molecule has 0 bridgehead atoms. The predicted octanol–water partition coefficient (Wildman–Crippen LogP) is 1.77. The summed E-state index contributed by atoms with van der Waals surface area (Å²) in [6, 6.07) is 9.18. The molecule has 2 saturated heterocycles. The number of nitrogens with one attached hydrogen (secondary N) is 2. The minimum Gasteiger partial charge on any atom is -0.356 e. The zero-order chi connectivity index (χ0) is 22.2. The predicted molar refractivity (Wildman–Crippen MR) is 109 cm³/mol. The lowest BCUT2D eigenvalue weighted by molar-refractivity contribution is -0.130. The van der Waals surface area contributed by atoms with Gasteiger partial charge in [-0.2, -0.15) is 5.26 Å². The number of aromatic nitrogens is 1. The van der Waals surface area contributed by atoms with Crippen molar-refractivity contribution in [3.8, 4) is 6.07 Å². The Morgan fingerprint density at radius 1 is 1.19 bits per heavy atom. The van der Waals surface area contributed by atoms with Crippen LogP contribution in [-0.2, 0) is 10.3 Å². The third-order valence-corrected chi connectivity index (χ3v) is 5.77. The van der Waals surface area contributed by atoms with Gasteiger partial charge in [0, 0.05) is 24.8 Å². The van der Waals surface area contributed by atoms with Crippen LogP contribution in [-0.4, -0.2) is 58.0 Å². The Morgan fingerprint density at radius 2 is 1.94 bits per heavy atom. The molecule has 0 radical (unpaired) electrons. The fourth-order valence-corrected chi connectivity index (χ4v) is 3.94. The van der Waals surface area contributed by atoms with Crippen molar-refractivity contribution in [2.24, 2.45) is 0 Å². The minimum absolute atomic E-state index is 0.170. The van der Waals surface area contributed by atoms with Gasteiger partial charge in [0.25, 0.3) is 11.8 Å². The molecule has 1 unspecified atom stereocenters.